The highest BCUT2D eigenvalue weighted by atomic mass is 79.9. The lowest BCUT2D eigenvalue weighted by Gasteiger charge is -2.13. The van der Waals surface area contributed by atoms with Crippen LogP contribution in [0.1, 0.15) is 28.3 Å². The summed E-state index contributed by atoms with van der Waals surface area (Å²) in [6.07, 6.45) is 1.01. The third kappa shape index (κ3) is 2.73. The molecular formula is C14H14BrClOS. The van der Waals surface area contributed by atoms with Crippen molar-refractivity contribution in [2.45, 2.75) is 18.7 Å². The number of aryl methyl sites for hydroxylation is 1. The Morgan fingerprint density at radius 2 is 2.17 bits per heavy atom. The Kier molecular flexibility index (Phi) is 4.71. The van der Waals surface area contributed by atoms with Crippen molar-refractivity contribution in [3.63, 3.8) is 0 Å². The maximum atomic E-state index is 6.60. The number of hydrogen-bond donors (Lipinski definition) is 0. The number of halogens is 2. The first-order valence-corrected chi connectivity index (χ1v) is 7.82. The molecule has 1 heterocycles. The smallest absolute Gasteiger partial charge is 0.120 e. The van der Waals surface area contributed by atoms with E-state index in [0.29, 0.717) is 0 Å². The Hall–Kier alpha value is -0.510. The summed E-state index contributed by atoms with van der Waals surface area (Å²) in [6, 6.07) is 8.05. The number of rotatable bonds is 4. The van der Waals surface area contributed by atoms with Crippen molar-refractivity contribution >= 4 is 38.9 Å². The summed E-state index contributed by atoms with van der Waals surface area (Å²) in [6.45, 7) is 2.15. The summed E-state index contributed by atoms with van der Waals surface area (Å²) in [4.78, 5) is 1.23. The van der Waals surface area contributed by atoms with Gasteiger partial charge in [-0.15, -0.1) is 22.9 Å². The molecule has 4 heteroatoms. The molecule has 0 spiro atoms. The molecule has 2 rings (SSSR count). The second-order valence-corrected chi connectivity index (χ2v) is 6.15. The van der Waals surface area contributed by atoms with E-state index in [-0.39, 0.29) is 5.38 Å². The lowest BCUT2D eigenvalue weighted by atomic mass is 10.1. The fourth-order valence-corrected chi connectivity index (χ4v) is 4.04. The van der Waals surface area contributed by atoms with E-state index in [0.717, 1.165) is 22.2 Å². The molecule has 2 aromatic rings. The molecule has 18 heavy (non-hydrogen) atoms. The van der Waals surface area contributed by atoms with E-state index in [1.54, 1.807) is 18.4 Å². The van der Waals surface area contributed by atoms with Crippen LogP contribution in [0, 0.1) is 0 Å². The van der Waals surface area contributed by atoms with Crippen LogP contribution in [0.2, 0.25) is 0 Å². The Morgan fingerprint density at radius 1 is 1.39 bits per heavy atom. The summed E-state index contributed by atoms with van der Waals surface area (Å²) in [5.41, 5.74) is 2.40. The molecule has 0 N–H and O–H groups in total. The fourth-order valence-electron chi connectivity index (χ4n) is 1.84. The van der Waals surface area contributed by atoms with E-state index in [4.69, 9.17) is 16.3 Å². The maximum absolute atomic E-state index is 6.60. The van der Waals surface area contributed by atoms with E-state index in [9.17, 15) is 0 Å². The molecule has 0 saturated carbocycles. The standard InChI is InChI=1S/C14H14BrClOS/c1-3-9-6-7-18-14(9)13(16)11-5-4-10(17-2)8-12(11)15/h4-8,13H,3H2,1-2H3. The lowest BCUT2D eigenvalue weighted by molar-refractivity contribution is 0.414. The van der Waals surface area contributed by atoms with Gasteiger partial charge in [0.1, 0.15) is 5.75 Å². The molecule has 0 amide bonds. The van der Waals surface area contributed by atoms with Gasteiger partial charge in [-0.1, -0.05) is 28.9 Å². The first-order chi connectivity index (χ1) is 8.67. The molecule has 1 aromatic carbocycles. The quantitative estimate of drug-likeness (QED) is 0.673. The second-order valence-electron chi connectivity index (χ2n) is 3.91. The minimum atomic E-state index is -0.111. The van der Waals surface area contributed by atoms with Gasteiger partial charge in [0.15, 0.2) is 0 Å². The van der Waals surface area contributed by atoms with Gasteiger partial charge >= 0.3 is 0 Å². The molecule has 0 radical (unpaired) electrons. The molecule has 0 aliphatic carbocycles. The topological polar surface area (TPSA) is 9.23 Å². The van der Waals surface area contributed by atoms with Crippen LogP contribution in [-0.4, -0.2) is 7.11 Å². The predicted octanol–water partition coefficient (Wildman–Crippen LogP) is 5.41. The van der Waals surface area contributed by atoms with Crippen molar-refractivity contribution in [3.8, 4) is 5.75 Å². The van der Waals surface area contributed by atoms with Crippen LogP contribution in [0.25, 0.3) is 0 Å². The molecule has 1 atom stereocenters. The zero-order valence-corrected chi connectivity index (χ0v) is 13.4. The largest absolute Gasteiger partial charge is 0.497 e. The molecular weight excluding hydrogens is 332 g/mol. The van der Waals surface area contributed by atoms with E-state index >= 15 is 0 Å². The highest BCUT2D eigenvalue weighted by molar-refractivity contribution is 9.10. The monoisotopic (exact) mass is 344 g/mol. The van der Waals surface area contributed by atoms with Gasteiger partial charge in [0.05, 0.1) is 12.5 Å². The average Bonchev–Trinajstić information content (AvgIpc) is 2.86. The summed E-state index contributed by atoms with van der Waals surface area (Å²) in [5.74, 6) is 0.830. The van der Waals surface area contributed by atoms with Crippen LogP contribution < -0.4 is 4.74 Å². The van der Waals surface area contributed by atoms with Gasteiger partial charge < -0.3 is 4.74 Å². The van der Waals surface area contributed by atoms with Gasteiger partial charge in [-0.05, 0) is 41.1 Å². The van der Waals surface area contributed by atoms with Crippen LogP contribution >= 0.6 is 38.9 Å². The van der Waals surface area contributed by atoms with Crippen LogP contribution in [-0.2, 0) is 6.42 Å². The number of alkyl halides is 1. The highest BCUT2D eigenvalue weighted by Crippen LogP contribution is 2.39. The summed E-state index contributed by atoms with van der Waals surface area (Å²) in [5, 5.41) is 1.99. The van der Waals surface area contributed by atoms with Crippen molar-refractivity contribution in [2.24, 2.45) is 0 Å². The van der Waals surface area contributed by atoms with Crippen LogP contribution in [0.15, 0.2) is 34.1 Å². The van der Waals surface area contributed by atoms with Crippen LogP contribution in [0.4, 0.5) is 0 Å². The number of benzene rings is 1. The van der Waals surface area contributed by atoms with Gasteiger partial charge in [0, 0.05) is 9.35 Å². The SMILES string of the molecule is CCc1ccsc1C(Cl)c1ccc(OC)cc1Br. The van der Waals surface area contributed by atoms with Gasteiger partial charge in [0.25, 0.3) is 0 Å². The van der Waals surface area contributed by atoms with Crippen molar-refractivity contribution in [2.75, 3.05) is 7.11 Å². The van der Waals surface area contributed by atoms with E-state index in [1.165, 1.54) is 10.4 Å². The molecule has 1 aromatic heterocycles. The fraction of sp³-hybridized carbons (Fsp3) is 0.286. The predicted molar refractivity (Wildman–Crippen MR) is 82.1 cm³/mol. The minimum absolute atomic E-state index is 0.111. The average molecular weight is 346 g/mol. The Balaban J connectivity index is 2.37. The number of hydrogen-bond acceptors (Lipinski definition) is 2. The molecule has 1 nitrogen and oxygen atoms in total. The molecule has 0 fully saturated rings. The maximum Gasteiger partial charge on any atom is 0.120 e. The van der Waals surface area contributed by atoms with Gasteiger partial charge in [-0.25, -0.2) is 0 Å². The number of methoxy groups -OCH3 is 1. The number of ether oxygens (including phenoxy) is 1. The van der Waals surface area contributed by atoms with Gasteiger partial charge in [-0.2, -0.15) is 0 Å². The van der Waals surface area contributed by atoms with Crippen LogP contribution in [0.5, 0.6) is 5.75 Å². The van der Waals surface area contributed by atoms with Crippen molar-refractivity contribution in [3.05, 3.63) is 50.1 Å². The first kappa shape index (κ1) is 13.9. The van der Waals surface area contributed by atoms with Crippen molar-refractivity contribution in [1.29, 1.82) is 0 Å². The minimum Gasteiger partial charge on any atom is -0.497 e. The van der Waals surface area contributed by atoms with E-state index < -0.39 is 0 Å². The van der Waals surface area contributed by atoms with Gasteiger partial charge in [0.2, 0.25) is 0 Å². The molecule has 0 saturated heterocycles. The van der Waals surface area contributed by atoms with E-state index in [2.05, 4.69) is 34.3 Å². The first-order valence-electron chi connectivity index (χ1n) is 5.71. The van der Waals surface area contributed by atoms with Crippen molar-refractivity contribution < 1.29 is 4.74 Å². The van der Waals surface area contributed by atoms with Crippen molar-refractivity contribution in [1.82, 2.24) is 0 Å². The van der Waals surface area contributed by atoms with Gasteiger partial charge in [-0.3, -0.25) is 0 Å². The molecule has 0 aliphatic rings. The molecule has 0 bridgehead atoms. The third-order valence-corrected chi connectivity index (χ3v) is 5.17. The Morgan fingerprint density at radius 3 is 2.78 bits per heavy atom. The summed E-state index contributed by atoms with van der Waals surface area (Å²) >= 11 is 11.9. The molecule has 96 valence electrons. The van der Waals surface area contributed by atoms with Crippen LogP contribution in [0.3, 0.4) is 0 Å². The number of thiophene rings is 1. The Bertz CT molecular complexity index is 538. The zero-order chi connectivity index (χ0) is 13.1. The lowest BCUT2D eigenvalue weighted by Crippen LogP contribution is -1.96. The highest BCUT2D eigenvalue weighted by Gasteiger charge is 2.18. The summed E-state index contributed by atoms with van der Waals surface area (Å²) < 4.78 is 6.18. The summed E-state index contributed by atoms with van der Waals surface area (Å²) in [7, 11) is 1.66. The van der Waals surface area contributed by atoms with E-state index in [1.807, 2.05) is 18.2 Å². The normalized spacial score (nSPS) is 12.4. The zero-order valence-electron chi connectivity index (χ0n) is 10.2. The third-order valence-electron chi connectivity index (χ3n) is 2.87. The molecule has 0 aliphatic heterocycles. The molecule has 1 unspecified atom stereocenters. The second kappa shape index (κ2) is 6.09. The Labute approximate surface area is 125 Å².